The Labute approximate surface area is 146 Å². The second kappa shape index (κ2) is 7.15. The standard InChI is InChI=1S/C16H20N4O2S2/c1-19(10-4-9-17)24(21,22)20-11-7-13(8-12-20)16-18-14-5-2-3-6-15(14)23-16/h2-3,5-6,13H,4,7-8,10-12H2,1H3. The second-order valence-electron chi connectivity index (χ2n) is 5.93. The molecule has 0 bridgehead atoms. The van der Waals surface area contributed by atoms with Crippen LogP contribution >= 0.6 is 11.3 Å². The van der Waals surface area contributed by atoms with Gasteiger partial charge in [-0.05, 0) is 25.0 Å². The zero-order chi connectivity index (χ0) is 17.2. The van der Waals surface area contributed by atoms with E-state index in [0.717, 1.165) is 23.4 Å². The molecule has 24 heavy (non-hydrogen) atoms. The van der Waals surface area contributed by atoms with Gasteiger partial charge in [-0.3, -0.25) is 0 Å². The molecule has 0 aliphatic carbocycles. The molecule has 0 radical (unpaired) electrons. The molecule has 0 unspecified atom stereocenters. The lowest BCUT2D eigenvalue weighted by Gasteiger charge is -2.32. The van der Waals surface area contributed by atoms with Crippen molar-refractivity contribution in [2.24, 2.45) is 0 Å². The van der Waals surface area contributed by atoms with E-state index in [-0.39, 0.29) is 13.0 Å². The highest BCUT2D eigenvalue weighted by molar-refractivity contribution is 7.86. The number of hydrogen-bond donors (Lipinski definition) is 0. The summed E-state index contributed by atoms with van der Waals surface area (Å²) in [6, 6.07) is 10.1. The predicted molar refractivity (Wildman–Crippen MR) is 94.9 cm³/mol. The van der Waals surface area contributed by atoms with E-state index in [9.17, 15) is 8.42 Å². The molecule has 3 rings (SSSR count). The highest BCUT2D eigenvalue weighted by Crippen LogP contribution is 2.34. The summed E-state index contributed by atoms with van der Waals surface area (Å²) in [6.07, 6.45) is 1.77. The SMILES string of the molecule is CN(CCC#N)S(=O)(=O)N1CCC(c2nc3ccccc3s2)CC1. The van der Waals surface area contributed by atoms with E-state index in [0.29, 0.717) is 19.0 Å². The van der Waals surface area contributed by atoms with Crippen molar-refractivity contribution in [2.75, 3.05) is 26.7 Å². The highest BCUT2D eigenvalue weighted by atomic mass is 32.2. The van der Waals surface area contributed by atoms with Gasteiger partial charge in [-0.2, -0.15) is 22.3 Å². The first-order chi connectivity index (χ1) is 11.5. The number of aromatic nitrogens is 1. The van der Waals surface area contributed by atoms with Crippen LogP contribution in [0.5, 0.6) is 0 Å². The molecule has 1 saturated heterocycles. The van der Waals surface area contributed by atoms with Gasteiger partial charge in [-0.25, -0.2) is 4.98 Å². The Morgan fingerprint density at radius 2 is 2.08 bits per heavy atom. The maximum absolute atomic E-state index is 12.5. The maximum Gasteiger partial charge on any atom is 0.281 e. The number of para-hydroxylation sites is 1. The van der Waals surface area contributed by atoms with Crippen molar-refractivity contribution < 1.29 is 8.42 Å². The van der Waals surface area contributed by atoms with E-state index in [1.165, 1.54) is 20.4 Å². The predicted octanol–water partition coefficient (Wildman–Crippen LogP) is 2.57. The fraction of sp³-hybridized carbons (Fsp3) is 0.500. The molecule has 1 aromatic heterocycles. The molecular weight excluding hydrogens is 344 g/mol. The molecule has 1 aliphatic heterocycles. The minimum atomic E-state index is -3.47. The lowest BCUT2D eigenvalue weighted by atomic mass is 9.99. The summed E-state index contributed by atoms with van der Waals surface area (Å²) in [6.45, 7) is 1.23. The van der Waals surface area contributed by atoms with Crippen LogP contribution in [0.4, 0.5) is 0 Å². The van der Waals surface area contributed by atoms with Crippen molar-refractivity contribution in [1.82, 2.24) is 13.6 Å². The monoisotopic (exact) mass is 364 g/mol. The van der Waals surface area contributed by atoms with E-state index in [4.69, 9.17) is 10.2 Å². The third-order valence-corrected chi connectivity index (χ3v) is 7.56. The van der Waals surface area contributed by atoms with Gasteiger partial charge in [0.2, 0.25) is 0 Å². The summed E-state index contributed by atoms with van der Waals surface area (Å²) in [7, 11) is -1.93. The molecule has 0 spiro atoms. The average Bonchev–Trinajstić information content (AvgIpc) is 3.03. The third-order valence-electron chi connectivity index (χ3n) is 4.37. The Bertz CT molecular complexity index is 815. The largest absolute Gasteiger partial charge is 0.281 e. The quantitative estimate of drug-likeness (QED) is 0.817. The minimum absolute atomic E-state index is 0.206. The second-order valence-corrected chi connectivity index (χ2v) is 9.03. The number of benzene rings is 1. The Morgan fingerprint density at radius 3 is 2.75 bits per heavy atom. The van der Waals surface area contributed by atoms with E-state index in [2.05, 4.69) is 6.07 Å². The number of rotatable bonds is 5. The summed E-state index contributed by atoms with van der Waals surface area (Å²) in [5.41, 5.74) is 1.02. The van der Waals surface area contributed by atoms with Crippen molar-refractivity contribution in [2.45, 2.75) is 25.2 Å². The van der Waals surface area contributed by atoms with E-state index in [1.54, 1.807) is 11.3 Å². The molecule has 1 aliphatic rings. The lowest BCUT2D eigenvalue weighted by molar-refractivity contribution is 0.296. The van der Waals surface area contributed by atoms with Crippen LogP contribution in [0.1, 0.15) is 30.2 Å². The van der Waals surface area contributed by atoms with Crippen molar-refractivity contribution in [3.05, 3.63) is 29.3 Å². The van der Waals surface area contributed by atoms with Crippen LogP contribution in [0.25, 0.3) is 10.2 Å². The summed E-state index contributed by atoms with van der Waals surface area (Å²) in [5.74, 6) is 0.318. The van der Waals surface area contributed by atoms with Crippen LogP contribution in [0.2, 0.25) is 0 Å². The van der Waals surface area contributed by atoms with Crippen LogP contribution in [0.15, 0.2) is 24.3 Å². The highest BCUT2D eigenvalue weighted by Gasteiger charge is 2.32. The zero-order valence-electron chi connectivity index (χ0n) is 13.6. The zero-order valence-corrected chi connectivity index (χ0v) is 15.2. The molecule has 8 heteroatoms. The van der Waals surface area contributed by atoms with E-state index in [1.807, 2.05) is 24.3 Å². The molecule has 6 nitrogen and oxygen atoms in total. The smallest absolute Gasteiger partial charge is 0.241 e. The molecule has 1 fully saturated rings. The molecule has 2 aromatic rings. The van der Waals surface area contributed by atoms with Crippen molar-refractivity contribution in [3.63, 3.8) is 0 Å². The molecular formula is C16H20N4O2S2. The number of nitrogens with zero attached hydrogens (tertiary/aromatic N) is 4. The first kappa shape index (κ1) is 17.3. The fourth-order valence-corrected chi connectivity index (χ4v) is 5.44. The molecule has 0 amide bonds. The third kappa shape index (κ3) is 3.44. The molecule has 2 heterocycles. The Morgan fingerprint density at radius 1 is 1.38 bits per heavy atom. The fourth-order valence-electron chi connectivity index (χ4n) is 2.92. The molecule has 128 valence electrons. The number of thiazole rings is 1. The van der Waals surface area contributed by atoms with Crippen LogP contribution in [-0.2, 0) is 10.2 Å². The van der Waals surface area contributed by atoms with Crippen molar-refractivity contribution in [3.8, 4) is 6.07 Å². The molecule has 0 N–H and O–H groups in total. The first-order valence-corrected chi connectivity index (χ1v) is 10.2. The van der Waals surface area contributed by atoms with Crippen LogP contribution in [-0.4, -0.2) is 48.7 Å². The first-order valence-electron chi connectivity index (χ1n) is 7.96. The topological polar surface area (TPSA) is 77.3 Å². The maximum atomic E-state index is 12.5. The van der Waals surface area contributed by atoms with Gasteiger partial charge in [0.25, 0.3) is 10.2 Å². The summed E-state index contributed by atoms with van der Waals surface area (Å²) in [5, 5.41) is 9.72. The Kier molecular flexibility index (Phi) is 5.15. The molecule has 0 atom stereocenters. The summed E-state index contributed by atoms with van der Waals surface area (Å²) in [4.78, 5) is 4.70. The van der Waals surface area contributed by atoms with Gasteiger partial charge in [0, 0.05) is 39.0 Å². The molecule has 0 saturated carbocycles. The Balaban J connectivity index is 1.66. The van der Waals surface area contributed by atoms with Gasteiger partial charge in [-0.1, -0.05) is 12.1 Å². The van der Waals surface area contributed by atoms with Crippen molar-refractivity contribution >= 4 is 31.8 Å². The number of fused-ring (bicyclic) bond motifs is 1. The van der Waals surface area contributed by atoms with E-state index < -0.39 is 10.2 Å². The van der Waals surface area contributed by atoms with Crippen LogP contribution < -0.4 is 0 Å². The normalized spacial score (nSPS) is 17.4. The van der Waals surface area contributed by atoms with Crippen LogP contribution in [0, 0.1) is 11.3 Å². The van der Waals surface area contributed by atoms with Gasteiger partial charge in [0.05, 0.1) is 21.3 Å². The number of piperidine rings is 1. The van der Waals surface area contributed by atoms with Crippen molar-refractivity contribution in [1.29, 1.82) is 5.26 Å². The van der Waals surface area contributed by atoms with E-state index >= 15 is 0 Å². The summed E-state index contributed by atoms with van der Waals surface area (Å²) >= 11 is 1.70. The number of hydrogen-bond acceptors (Lipinski definition) is 5. The molecule has 1 aromatic carbocycles. The van der Waals surface area contributed by atoms with Crippen LogP contribution in [0.3, 0.4) is 0 Å². The number of nitriles is 1. The Hall–Kier alpha value is -1.53. The van der Waals surface area contributed by atoms with Gasteiger partial charge in [0.15, 0.2) is 0 Å². The van der Waals surface area contributed by atoms with Gasteiger partial charge >= 0.3 is 0 Å². The van der Waals surface area contributed by atoms with Gasteiger partial charge in [-0.15, -0.1) is 11.3 Å². The summed E-state index contributed by atoms with van der Waals surface area (Å²) < 4.78 is 29.0. The average molecular weight is 364 g/mol. The minimum Gasteiger partial charge on any atom is -0.241 e. The van der Waals surface area contributed by atoms with Gasteiger partial charge in [0.1, 0.15) is 0 Å². The van der Waals surface area contributed by atoms with Gasteiger partial charge < -0.3 is 0 Å². The lowest BCUT2D eigenvalue weighted by Crippen LogP contribution is -2.45.